The van der Waals surface area contributed by atoms with E-state index in [9.17, 15) is 5.11 Å². The second-order valence-corrected chi connectivity index (χ2v) is 19.5. The Labute approximate surface area is 434 Å². The lowest BCUT2D eigenvalue weighted by Crippen LogP contribution is -2.27. The fraction of sp³-hybridized carbons (Fsp3) is 0.114. The summed E-state index contributed by atoms with van der Waals surface area (Å²) in [6.07, 6.45) is 7.16. The van der Waals surface area contributed by atoms with Gasteiger partial charge >= 0.3 is 0 Å². The summed E-state index contributed by atoms with van der Waals surface area (Å²) in [6.45, 7) is 4.61. The zero-order valence-electron chi connectivity index (χ0n) is 41.6. The van der Waals surface area contributed by atoms with E-state index in [0.29, 0.717) is 6.61 Å². The van der Waals surface area contributed by atoms with Gasteiger partial charge in [-0.2, -0.15) is 0 Å². The van der Waals surface area contributed by atoms with Gasteiger partial charge in [-0.15, -0.1) is 0 Å². The molecular formula is C70H58N2O2. The smallest absolute Gasteiger partial charge is 0.119 e. The van der Waals surface area contributed by atoms with E-state index in [-0.39, 0.29) is 12.0 Å². The SMILES string of the molecule is C=Cc1ccc(OCCCCCCC2(c3ccccc3)c3ccccc3-c3ccc(N(c4ccc(-c5ccccc5)cc4)c4ccc(-c5ccc6c(c5)c5ccccc5n6-c5ccc(CO)cc5)cc4)cc32)cc1. The average Bonchev–Trinajstić information content (AvgIpc) is 3.99. The standard InChI is InChI=1S/C70H58N2O2/c1-2-50-27-41-61(42-28-50)74-46-16-4-3-15-45-70(56-19-9-6-10-20-56)66-23-13-11-21-62(66)63-43-40-60(48-67(63)70)71(57-36-29-53(30-37-57)52-17-7-5-8-18-52)58-38-31-54(32-39-58)55-33-44-69-65(47-55)64-22-12-14-24-68(64)72(69)59-34-25-51(49-73)26-35-59/h2,5-14,17-44,47-48,73H,1,3-4,15-16,45-46,49H2. The van der Waals surface area contributed by atoms with Gasteiger partial charge in [0.25, 0.3) is 0 Å². The Morgan fingerprint density at radius 3 is 1.80 bits per heavy atom. The summed E-state index contributed by atoms with van der Waals surface area (Å²) in [5.74, 6) is 0.909. The summed E-state index contributed by atoms with van der Waals surface area (Å²) < 4.78 is 8.46. The number of hydrogen-bond donors (Lipinski definition) is 1. The molecule has 1 aliphatic carbocycles. The lowest BCUT2D eigenvalue weighted by atomic mass is 9.69. The molecule has 1 aromatic heterocycles. The van der Waals surface area contributed by atoms with E-state index in [2.05, 4.69) is 234 Å². The van der Waals surface area contributed by atoms with Crippen molar-refractivity contribution in [2.45, 2.75) is 44.1 Å². The van der Waals surface area contributed by atoms with Crippen LogP contribution in [0.5, 0.6) is 5.75 Å². The highest BCUT2D eigenvalue weighted by Gasteiger charge is 2.44. The van der Waals surface area contributed by atoms with Crippen LogP contribution in [0.15, 0.2) is 249 Å². The number of benzene rings is 10. The topological polar surface area (TPSA) is 37.6 Å². The summed E-state index contributed by atoms with van der Waals surface area (Å²) in [7, 11) is 0. The van der Waals surface area contributed by atoms with Gasteiger partial charge < -0.3 is 19.3 Å². The van der Waals surface area contributed by atoms with Crippen molar-refractivity contribution in [3.63, 3.8) is 0 Å². The molecular weight excluding hydrogens is 901 g/mol. The molecule has 10 aromatic carbocycles. The molecule has 0 saturated carbocycles. The number of para-hydroxylation sites is 1. The fourth-order valence-electron chi connectivity index (χ4n) is 11.5. The van der Waals surface area contributed by atoms with Crippen LogP contribution in [0.3, 0.4) is 0 Å². The first-order valence-corrected chi connectivity index (χ1v) is 26.0. The molecule has 12 rings (SSSR count). The Morgan fingerprint density at radius 2 is 1.07 bits per heavy atom. The van der Waals surface area contributed by atoms with E-state index in [1.54, 1.807) is 0 Å². The summed E-state index contributed by atoms with van der Waals surface area (Å²) in [6, 6.07) is 88.1. The summed E-state index contributed by atoms with van der Waals surface area (Å²) >= 11 is 0. The second-order valence-electron chi connectivity index (χ2n) is 19.5. The molecule has 1 N–H and O–H groups in total. The molecule has 4 heteroatoms. The molecule has 0 radical (unpaired) electrons. The maximum absolute atomic E-state index is 9.75. The van der Waals surface area contributed by atoms with Crippen LogP contribution in [0.4, 0.5) is 17.1 Å². The molecule has 0 spiro atoms. The van der Waals surface area contributed by atoms with Crippen molar-refractivity contribution in [2.24, 2.45) is 0 Å². The molecule has 0 fully saturated rings. The number of unbranched alkanes of at least 4 members (excludes halogenated alkanes) is 3. The van der Waals surface area contributed by atoms with Crippen molar-refractivity contribution in [3.05, 3.63) is 277 Å². The third kappa shape index (κ3) is 8.67. The number of rotatable bonds is 17. The van der Waals surface area contributed by atoms with Crippen molar-refractivity contribution in [1.29, 1.82) is 0 Å². The molecule has 1 unspecified atom stereocenters. The number of hydrogen-bond acceptors (Lipinski definition) is 3. The van der Waals surface area contributed by atoms with Crippen molar-refractivity contribution in [3.8, 4) is 44.8 Å². The molecule has 0 bridgehead atoms. The molecule has 1 atom stereocenters. The van der Waals surface area contributed by atoms with Crippen LogP contribution in [-0.4, -0.2) is 16.3 Å². The van der Waals surface area contributed by atoms with Crippen molar-refractivity contribution < 1.29 is 9.84 Å². The second kappa shape index (κ2) is 20.4. The van der Waals surface area contributed by atoms with E-state index in [1.165, 1.54) is 49.7 Å². The highest BCUT2D eigenvalue weighted by Crippen LogP contribution is 2.56. The van der Waals surface area contributed by atoms with E-state index >= 15 is 0 Å². The summed E-state index contributed by atoms with van der Waals surface area (Å²) in [4.78, 5) is 2.43. The minimum absolute atomic E-state index is 0.0249. The highest BCUT2D eigenvalue weighted by molar-refractivity contribution is 6.10. The normalized spacial score (nSPS) is 13.7. The van der Waals surface area contributed by atoms with E-state index in [0.717, 1.165) is 93.9 Å². The van der Waals surface area contributed by atoms with Crippen LogP contribution >= 0.6 is 0 Å². The van der Waals surface area contributed by atoms with Gasteiger partial charge in [0.2, 0.25) is 0 Å². The Hall–Kier alpha value is -8.70. The van der Waals surface area contributed by atoms with Crippen molar-refractivity contribution in [2.75, 3.05) is 11.5 Å². The number of aliphatic hydroxyl groups excluding tert-OH is 1. The van der Waals surface area contributed by atoms with Gasteiger partial charge in [0.05, 0.1) is 24.2 Å². The lowest BCUT2D eigenvalue weighted by Gasteiger charge is -2.34. The lowest BCUT2D eigenvalue weighted by molar-refractivity contribution is 0.282. The van der Waals surface area contributed by atoms with E-state index in [1.807, 2.05) is 30.3 Å². The largest absolute Gasteiger partial charge is 0.494 e. The van der Waals surface area contributed by atoms with Crippen LogP contribution in [0.2, 0.25) is 0 Å². The Kier molecular flexibility index (Phi) is 12.8. The third-order valence-electron chi connectivity index (χ3n) is 15.2. The number of aromatic nitrogens is 1. The predicted octanol–water partition coefficient (Wildman–Crippen LogP) is 18.1. The summed E-state index contributed by atoms with van der Waals surface area (Å²) in [5.41, 5.74) is 19.7. The molecule has 11 aromatic rings. The minimum atomic E-state index is -0.329. The van der Waals surface area contributed by atoms with Crippen LogP contribution < -0.4 is 9.64 Å². The quantitative estimate of drug-likeness (QED) is 0.0924. The Morgan fingerprint density at radius 1 is 0.473 bits per heavy atom. The molecule has 360 valence electrons. The average molecular weight is 959 g/mol. The summed E-state index contributed by atoms with van der Waals surface area (Å²) in [5, 5.41) is 12.2. The molecule has 1 aliphatic rings. The highest BCUT2D eigenvalue weighted by atomic mass is 16.5. The molecule has 0 saturated heterocycles. The van der Waals surface area contributed by atoms with Crippen molar-refractivity contribution >= 4 is 44.9 Å². The molecule has 74 heavy (non-hydrogen) atoms. The van der Waals surface area contributed by atoms with Gasteiger partial charge in [-0.05, 0) is 153 Å². The first kappa shape index (κ1) is 46.4. The first-order valence-electron chi connectivity index (χ1n) is 26.0. The third-order valence-corrected chi connectivity index (χ3v) is 15.2. The Balaban J connectivity index is 0.905. The van der Waals surface area contributed by atoms with Crippen LogP contribution in [-0.2, 0) is 12.0 Å². The maximum Gasteiger partial charge on any atom is 0.119 e. The first-order chi connectivity index (χ1) is 36.6. The maximum atomic E-state index is 9.75. The zero-order chi connectivity index (χ0) is 49.8. The van der Waals surface area contributed by atoms with Gasteiger partial charge in [-0.3, -0.25) is 0 Å². The van der Waals surface area contributed by atoms with Crippen molar-refractivity contribution in [1.82, 2.24) is 4.57 Å². The molecule has 0 aliphatic heterocycles. The molecule has 4 nitrogen and oxygen atoms in total. The number of fused-ring (bicyclic) bond motifs is 6. The van der Waals surface area contributed by atoms with Crippen LogP contribution in [0.1, 0.15) is 59.9 Å². The van der Waals surface area contributed by atoms with Gasteiger partial charge in [0.15, 0.2) is 0 Å². The van der Waals surface area contributed by atoms with Crippen LogP contribution in [0.25, 0.3) is 66.9 Å². The van der Waals surface area contributed by atoms with Gasteiger partial charge in [-0.1, -0.05) is 196 Å². The predicted molar refractivity (Wildman–Crippen MR) is 309 cm³/mol. The van der Waals surface area contributed by atoms with Gasteiger partial charge in [-0.25, -0.2) is 0 Å². The molecule has 0 amide bonds. The Bertz CT molecular complexity index is 3730. The van der Waals surface area contributed by atoms with E-state index < -0.39 is 0 Å². The minimum Gasteiger partial charge on any atom is -0.494 e. The van der Waals surface area contributed by atoms with E-state index in [4.69, 9.17) is 4.74 Å². The van der Waals surface area contributed by atoms with Gasteiger partial charge in [0.1, 0.15) is 5.75 Å². The zero-order valence-corrected chi connectivity index (χ0v) is 41.6. The number of anilines is 3. The number of nitrogens with zero attached hydrogens (tertiary/aromatic N) is 2. The van der Waals surface area contributed by atoms with Gasteiger partial charge in [0, 0.05) is 38.9 Å². The number of aliphatic hydroxyl groups is 1. The van der Waals surface area contributed by atoms with Crippen LogP contribution in [0, 0.1) is 0 Å². The monoisotopic (exact) mass is 958 g/mol. The molecule has 1 heterocycles. The number of ether oxygens (including phenoxy) is 1. The fourth-order valence-corrected chi connectivity index (χ4v) is 11.5.